The topological polar surface area (TPSA) is 53.0 Å². The van der Waals surface area contributed by atoms with Crippen molar-refractivity contribution in [2.75, 3.05) is 13.1 Å². The van der Waals surface area contributed by atoms with Gasteiger partial charge in [0.25, 0.3) is 0 Å². The van der Waals surface area contributed by atoms with E-state index in [2.05, 4.69) is 5.32 Å². The van der Waals surface area contributed by atoms with Crippen LogP contribution in [0.2, 0.25) is 0 Å². The Labute approximate surface area is 44.1 Å². The van der Waals surface area contributed by atoms with Crippen LogP contribution in [0.3, 0.4) is 0 Å². The zero-order valence-electron chi connectivity index (χ0n) is 3.81. The molecule has 1 heterocycles. The molecule has 0 radical (unpaired) electrons. The quantitative estimate of drug-likeness (QED) is 0.465. The minimum Gasteiger partial charge on any atom is -0.444 e. The molecule has 1 rings (SSSR count). The molecule has 1 aliphatic rings. The highest BCUT2D eigenvalue weighted by Crippen LogP contribution is 1.94. The molecule has 1 fully saturated rings. The molecule has 0 aromatic rings. The van der Waals surface area contributed by atoms with E-state index in [1.165, 1.54) is 0 Å². The first-order valence-corrected chi connectivity index (χ1v) is 3.34. The first-order valence-electron chi connectivity index (χ1n) is 2.13. The molecule has 0 spiro atoms. The summed E-state index contributed by atoms with van der Waals surface area (Å²) in [4.78, 5) is 0. The van der Waals surface area contributed by atoms with E-state index in [0.717, 1.165) is 13.1 Å². The van der Waals surface area contributed by atoms with Crippen LogP contribution < -0.4 is 5.32 Å². The van der Waals surface area contributed by atoms with E-state index in [9.17, 15) is 4.21 Å². The molecular formula is C3H7N2OS-. The summed E-state index contributed by atoms with van der Waals surface area (Å²) in [5, 5.41) is 3.04. The molecule has 1 aliphatic heterocycles. The molecule has 4 heteroatoms. The molecule has 0 bridgehead atoms. The molecule has 0 aromatic carbocycles. The number of rotatable bonds is 1. The van der Waals surface area contributed by atoms with Crippen LogP contribution in [0.1, 0.15) is 0 Å². The average Bonchev–Trinajstić information content (AvgIpc) is 1.23. The standard InChI is InChI=1S/C3H7N2OS/c4-7(6)3-1-5-2-3/h3-5H,1-2H2/q-1. The van der Waals surface area contributed by atoms with Crippen LogP contribution in [0, 0.1) is 4.78 Å². The third-order valence-electron chi connectivity index (χ3n) is 1.05. The number of nitrogens with one attached hydrogen (secondary N) is 2. The van der Waals surface area contributed by atoms with E-state index in [-0.39, 0.29) is 5.25 Å². The minimum atomic E-state index is -1.34. The summed E-state index contributed by atoms with van der Waals surface area (Å²) < 4.78 is 16.8. The first-order chi connectivity index (χ1) is 3.30. The highest BCUT2D eigenvalue weighted by Gasteiger charge is 2.08. The lowest BCUT2D eigenvalue weighted by Crippen LogP contribution is -2.47. The van der Waals surface area contributed by atoms with Gasteiger partial charge in [-0.1, -0.05) is 5.25 Å². The lowest BCUT2D eigenvalue weighted by molar-refractivity contribution is 0.515. The maximum Gasteiger partial charge on any atom is -0.0162 e. The fourth-order valence-electron chi connectivity index (χ4n) is 0.414. The third-order valence-corrected chi connectivity index (χ3v) is 1.99. The zero-order valence-corrected chi connectivity index (χ0v) is 4.62. The molecule has 2 N–H and O–H groups in total. The van der Waals surface area contributed by atoms with Gasteiger partial charge in [0.15, 0.2) is 0 Å². The van der Waals surface area contributed by atoms with Crippen molar-refractivity contribution < 1.29 is 4.21 Å². The van der Waals surface area contributed by atoms with Crippen LogP contribution in [-0.2, 0) is 14.8 Å². The van der Waals surface area contributed by atoms with Gasteiger partial charge in [-0.3, -0.25) is 0 Å². The highest BCUT2D eigenvalue weighted by molar-refractivity contribution is 7.74. The Morgan fingerprint density at radius 3 is 2.29 bits per heavy atom. The van der Waals surface area contributed by atoms with E-state index >= 15 is 0 Å². The van der Waals surface area contributed by atoms with E-state index in [0.29, 0.717) is 0 Å². The van der Waals surface area contributed by atoms with Gasteiger partial charge in [-0.05, 0) is 13.1 Å². The number of hydrogen-bond donors (Lipinski definition) is 2. The normalized spacial score (nSPS) is 22.4. The van der Waals surface area contributed by atoms with Crippen molar-refractivity contribution in [1.82, 2.24) is 5.32 Å². The van der Waals surface area contributed by atoms with Crippen LogP contribution in [-0.4, -0.2) is 18.3 Å². The second-order valence-corrected chi connectivity index (χ2v) is 2.84. The Hall–Kier alpha value is -0.0900. The van der Waals surface area contributed by atoms with E-state index in [1.807, 2.05) is 0 Å². The average molecular weight is 119 g/mol. The second-order valence-electron chi connectivity index (χ2n) is 1.58. The summed E-state index contributed by atoms with van der Waals surface area (Å²) in [6.45, 7) is 1.52. The summed E-state index contributed by atoms with van der Waals surface area (Å²) in [5.41, 5.74) is 0. The summed E-state index contributed by atoms with van der Waals surface area (Å²) in [5.74, 6) is 0. The molecule has 0 aliphatic carbocycles. The van der Waals surface area contributed by atoms with Crippen LogP contribution in [0.25, 0.3) is 0 Å². The summed E-state index contributed by atoms with van der Waals surface area (Å²) in [7, 11) is -1.34. The lowest BCUT2D eigenvalue weighted by atomic mass is 10.3. The predicted octanol–water partition coefficient (Wildman–Crippen LogP) is -0.316. The van der Waals surface area contributed by atoms with Crippen molar-refractivity contribution in [3.63, 3.8) is 0 Å². The van der Waals surface area contributed by atoms with Crippen LogP contribution in [0.5, 0.6) is 0 Å². The molecular weight excluding hydrogens is 112 g/mol. The summed E-state index contributed by atoms with van der Waals surface area (Å²) in [6.07, 6.45) is 0. The SMILES string of the molecule is N=[S-](=O)C1CNC1. The van der Waals surface area contributed by atoms with Gasteiger partial charge >= 0.3 is 0 Å². The van der Waals surface area contributed by atoms with Crippen molar-refractivity contribution in [3.05, 3.63) is 0 Å². The van der Waals surface area contributed by atoms with Gasteiger partial charge in [-0.15, -0.1) is 0 Å². The summed E-state index contributed by atoms with van der Waals surface area (Å²) >= 11 is 0. The maximum absolute atomic E-state index is 10.2. The molecule has 3 nitrogen and oxygen atoms in total. The van der Waals surface area contributed by atoms with E-state index in [1.54, 1.807) is 0 Å². The fraction of sp³-hybridized carbons (Fsp3) is 1.00. The zero-order chi connectivity index (χ0) is 5.28. The van der Waals surface area contributed by atoms with Gasteiger partial charge in [-0.25, -0.2) is 0 Å². The predicted molar refractivity (Wildman–Crippen MR) is 27.4 cm³/mol. The molecule has 42 valence electrons. The van der Waals surface area contributed by atoms with Crippen molar-refractivity contribution in [2.24, 2.45) is 0 Å². The van der Waals surface area contributed by atoms with Gasteiger partial charge < -0.3 is 14.3 Å². The van der Waals surface area contributed by atoms with Gasteiger partial charge in [0.05, 0.1) is 0 Å². The lowest BCUT2D eigenvalue weighted by Gasteiger charge is -2.29. The van der Waals surface area contributed by atoms with Crippen molar-refractivity contribution in [3.8, 4) is 0 Å². The molecule has 1 saturated heterocycles. The first kappa shape index (κ1) is 5.05. The van der Waals surface area contributed by atoms with Crippen molar-refractivity contribution in [1.29, 1.82) is 4.78 Å². The third kappa shape index (κ3) is 0.920. The molecule has 0 amide bonds. The Morgan fingerprint density at radius 2 is 2.29 bits per heavy atom. The second kappa shape index (κ2) is 1.79. The van der Waals surface area contributed by atoms with Crippen molar-refractivity contribution in [2.45, 2.75) is 5.25 Å². The Morgan fingerprint density at radius 1 is 1.71 bits per heavy atom. The molecule has 7 heavy (non-hydrogen) atoms. The Balaban J connectivity index is 2.41. The van der Waals surface area contributed by atoms with Gasteiger partial charge in [0.1, 0.15) is 0 Å². The fourth-order valence-corrected chi connectivity index (χ4v) is 0.952. The molecule has 0 aromatic heterocycles. The smallest absolute Gasteiger partial charge is 0.0162 e. The van der Waals surface area contributed by atoms with Gasteiger partial charge in [-0.2, -0.15) is 10.6 Å². The van der Waals surface area contributed by atoms with E-state index in [4.69, 9.17) is 4.78 Å². The van der Waals surface area contributed by atoms with Gasteiger partial charge in [0, 0.05) is 0 Å². The van der Waals surface area contributed by atoms with Crippen LogP contribution in [0.15, 0.2) is 0 Å². The largest absolute Gasteiger partial charge is 0.444 e. The molecule has 0 unspecified atom stereocenters. The van der Waals surface area contributed by atoms with Crippen LogP contribution >= 0.6 is 0 Å². The Kier molecular flexibility index (Phi) is 1.30. The summed E-state index contributed by atoms with van der Waals surface area (Å²) in [6, 6.07) is 0. The number of hydrogen-bond acceptors (Lipinski definition) is 4. The highest BCUT2D eigenvalue weighted by atomic mass is 32.2. The monoisotopic (exact) mass is 119 g/mol. The van der Waals surface area contributed by atoms with Gasteiger partial charge in [0.2, 0.25) is 0 Å². The molecule has 0 saturated carbocycles. The molecule has 0 atom stereocenters. The maximum atomic E-state index is 10.2. The van der Waals surface area contributed by atoms with E-state index < -0.39 is 10.6 Å². The Bertz CT molecular complexity index is 119. The van der Waals surface area contributed by atoms with Crippen LogP contribution in [0.4, 0.5) is 0 Å². The van der Waals surface area contributed by atoms with Crippen molar-refractivity contribution >= 4 is 10.6 Å². The minimum absolute atomic E-state index is 0.111.